The normalized spacial score (nSPS) is 11.7. The van der Waals surface area contributed by atoms with Gasteiger partial charge in [-0.3, -0.25) is 0 Å². The Hall–Kier alpha value is -7.30. The highest BCUT2D eigenvalue weighted by atomic mass is 16.3. The van der Waals surface area contributed by atoms with E-state index in [0.29, 0.717) is 5.82 Å². The summed E-state index contributed by atoms with van der Waals surface area (Å²) in [5, 5.41) is 5.56. The third-order valence-corrected chi connectivity index (χ3v) is 10.6. The van der Waals surface area contributed by atoms with Gasteiger partial charge in [-0.15, -0.1) is 0 Å². The number of benzene rings is 8. The van der Waals surface area contributed by atoms with Crippen LogP contribution in [0.25, 0.3) is 105 Å². The van der Waals surface area contributed by atoms with Crippen LogP contribution in [0.3, 0.4) is 0 Å². The van der Waals surface area contributed by atoms with Crippen molar-refractivity contribution in [2.45, 2.75) is 0 Å². The van der Waals surface area contributed by atoms with E-state index in [1.807, 2.05) is 18.2 Å². The van der Waals surface area contributed by atoms with E-state index in [-0.39, 0.29) is 0 Å². The number of para-hydroxylation sites is 3. The second-order valence-corrected chi connectivity index (χ2v) is 13.8. The van der Waals surface area contributed by atoms with Crippen molar-refractivity contribution in [3.05, 3.63) is 188 Å². The summed E-state index contributed by atoms with van der Waals surface area (Å²) in [6.45, 7) is 0. The predicted molar refractivity (Wildman–Crippen MR) is 223 cm³/mol. The lowest BCUT2D eigenvalue weighted by atomic mass is 10.0. The van der Waals surface area contributed by atoms with E-state index < -0.39 is 0 Å². The largest absolute Gasteiger partial charge is 0.454 e. The lowest BCUT2D eigenvalue weighted by molar-refractivity contribution is 0.666. The number of rotatable bonds is 5. The molecule has 0 bridgehead atoms. The monoisotopic (exact) mass is 689 g/mol. The van der Waals surface area contributed by atoms with Crippen LogP contribution >= 0.6 is 0 Å². The van der Waals surface area contributed by atoms with Crippen LogP contribution in [-0.2, 0) is 0 Å². The van der Waals surface area contributed by atoms with Crippen LogP contribution in [0.2, 0.25) is 0 Å². The summed E-state index contributed by atoms with van der Waals surface area (Å²) in [5.41, 5.74) is 13.4. The summed E-state index contributed by atoms with van der Waals surface area (Å²) >= 11 is 0. The van der Waals surface area contributed by atoms with Crippen molar-refractivity contribution in [2.24, 2.45) is 0 Å². The fraction of sp³-hybridized carbons (Fsp3) is 0. The summed E-state index contributed by atoms with van der Waals surface area (Å²) < 4.78 is 9.18. The van der Waals surface area contributed by atoms with Gasteiger partial charge in [0, 0.05) is 38.1 Å². The molecule has 0 saturated carbocycles. The lowest BCUT2D eigenvalue weighted by Crippen LogP contribution is -1.95. The molecule has 8 aromatic carbocycles. The molecule has 0 N–H and O–H groups in total. The Labute approximate surface area is 311 Å². The minimum atomic E-state index is 0.662. The van der Waals surface area contributed by atoms with Gasteiger partial charge in [0.05, 0.1) is 27.9 Å². The maximum atomic E-state index is 6.84. The summed E-state index contributed by atoms with van der Waals surface area (Å²) in [5.74, 6) is 0.662. The molecular formula is C50H31N3O. The molecular weight excluding hydrogens is 659 g/mol. The Balaban J connectivity index is 1.05. The van der Waals surface area contributed by atoms with Gasteiger partial charge in [-0.25, -0.2) is 9.97 Å². The van der Waals surface area contributed by atoms with Gasteiger partial charge in [0.2, 0.25) is 0 Å². The zero-order chi connectivity index (χ0) is 35.6. The highest BCUT2D eigenvalue weighted by Crippen LogP contribution is 2.40. The van der Waals surface area contributed by atoms with Gasteiger partial charge in [0.15, 0.2) is 11.4 Å². The van der Waals surface area contributed by atoms with Gasteiger partial charge in [-0.05, 0) is 64.7 Å². The molecule has 0 unspecified atom stereocenters. The standard InChI is InChI=1S/C50H31N3O/c1-3-12-32(13-4-1)34-22-24-35(25-23-34)48-41-17-7-9-19-43(41)51-50(52-48)37-26-28-39-40-18-11-21-46(49(40)54-47(39)31-37)53-44-20-10-8-16-38(44)42-30-36(27-29-45(42)53)33-14-5-2-6-15-33/h1-31H. The van der Waals surface area contributed by atoms with Gasteiger partial charge >= 0.3 is 0 Å². The van der Waals surface area contributed by atoms with E-state index in [2.05, 4.69) is 174 Å². The quantitative estimate of drug-likeness (QED) is 0.181. The fourth-order valence-electron chi connectivity index (χ4n) is 8.02. The topological polar surface area (TPSA) is 43.9 Å². The van der Waals surface area contributed by atoms with Crippen molar-refractivity contribution in [2.75, 3.05) is 0 Å². The molecule has 4 heteroatoms. The number of hydrogen-bond donors (Lipinski definition) is 0. The molecule has 11 aromatic rings. The number of fused-ring (bicyclic) bond motifs is 7. The molecule has 0 saturated heterocycles. The van der Waals surface area contributed by atoms with E-state index in [4.69, 9.17) is 14.4 Å². The SMILES string of the molecule is c1ccc(-c2ccc(-c3nc(-c4ccc5c(c4)oc4c(-n6c7ccccc7c7cc(-c8ccccc8)ccc76)cccc45)nc4ccccc34)cc2)cc1. The Kier molecular flexibility index (Phi) is 6.82. The second kappa shape index (κ2) is 12.1. The summed E-state index contributed by atoms with van der Waals surface area (Å²) in [6, 6.07) is 66.1. The Bertz CT molecular complexity index is 3200. The van der Waals surface area contributed by atoms with Crippen molar-refractivity contribution < 1.29 is 4.42 Å². The molecule has 54 heavy (non-hydrogen) atoms. The number of furan rings is 1. The highest BCUT2D eigenvalue weighted by Gasteiger charge is 2.19. The minimum Gasteiger partial charge on any atom is -0.454 e. The minimum absolute atomic E-state index is 0.662. The van der Waals surface area contributed by atoms with Crippen LogP contribution < -0.4 is 0 Å². The van der Waals surface area contributed by atoms with E-state index in [1.54, 1.807) is 0 Å². The van der Waals surface area contributed by atoms with Gasteiger partial charge < -0.3 is 8.98 Å². The first-order valence-corrected chi connectivity index (χ1v) is 18.2. The Morgan fingerprint density at radius 2 is 0.981 bits per heavy atom. The average Bonchev–Trinajstić information content (AvgIpc) is 3.79. The van der Waals surface area contributed by atoms with Crippen molar-refractivity contribution >= 4 is 54.6 Å². The van der Waals surface area contributed by atoms with Crippen LogP contribution in [0, 0.1) is 0 Å². The van der Waals surface area contributed by atoms with Gasteiger partial charge in [0.1, 0.15) is 5.58 Å². The number of aromatic nitrogens is 3. The van der Waals surface area contributed by atoms with Crippen LogP contribution in [0.15, 0.2) is 192 Å². The molecule has 252 valence electrons. The van der Waals surface area contributed by atoms with Crippen molar-refractivity contribution in [1.82, 2.24) is 14.5 Å². The molecule has 3 aromatic heterocycles. The van der Waals surface area contributed by atoms with Crippen molar-refractivity contribution in [1.29, 1.82) is 0 Å². The van der Waals surface area contributed by atoms with Crippen molar-refractivity contribution in [3.63, 3.8) is 0 Å². The van der Waals surface area contributed by atoms with Gasteiger partial charge in [0.25, 0.3) is 0 Å². The third-order valence-electron chi connectivity index (χ3n) is 10.6. The fourth-order valence-corrected chi connectivity index (χ4v) is 8.02. The summed E-state index contributed by atoms with van der Waals surface area (Å²) in [4.78, 5) is 10.3. The molecule has 11 rings (SSSR count). The molecule has 4 nitrogen and oxygen atoms in total. The third kappa shape index (κ3) is 4.85. The average molecular weight is 690 g/mol. The maximum absolute atomic E-state index is 6.84. The van der Waals surface area contributed by atoms with Crippen LogP contribution in [0.5, 0.6) is 0 Å². The number of hydrogen-bond acceptors (Lipinski definition) is 3. The second-order valence-electron chi connectivity index (χ2n) is 13.8. The first-order valence-electron chi connectivity index (χ1n) is 18.2. The summed E-state index contributed by atoms with van der Waals surface area (Å²) in [7, 11) is 0. The predicted octanol–water partition coefficient (Wildman–Crippen LogP) is 13.3. The van der Waals surface area contributed by atoms with Gasteiger partial charge in [-0.2, -0.15) is 0 Å². The molecule has 0 spiro atoms. The first kappa shape index (κ1) is 30.3. The molecule has 0 amide bonds. The Morgan fingerprint density at radius 1 is 0.370 bits per heavy atom. The smallest absolute Gasteiger partial charge is 0.160 e. The van der Waals surface area contributed by atoms with E-state index in [9.17, 15) is 0 Å². The molecule has 0 aliphatic heterocycles. The van der Waals surface area contributed by atoms with E-state index in [1.165, 1.54) is 33.0 Å². The zero-order valence-corrected chi connectivity index (χ0v) is 29.1. The first-order chi connectivity index (χ1) is 26.8. The van der Waals surface area contributed by atoms with E-state index in [0.717, 1.165) is 66.4 Å². The summed E-state index contributed by atoms with van der Waals surface area (Å²) in [6.07, 6.45) is 0. The lowest BCUT2D eigenvalue weighted by Gasteiger charge is -2.10. The van der Waals surface area contributed by atoms with E-state index >= 15 is 0 Å². The molecule has 0 radical (unpaired) electrons. The molecule has 3 heterocycles. The van der Waals surface area contributed by atoms with Gasteiger partial charge in [-0.1, -0.05) is 146 Å². The maximum Gasteiger partial charge on any atom is 0.160 e. The highest BCUT2D eigenvalue weighted by molar-refractivity contribution is 6.13. The molecule has 0 fully saturated rings. The van der Waals surface area contributed by atoms with Crippen LogP contribution in [0.1, 0.15) is 0 Å². The van der Waals surface area contributed by atoms with Crippen LogP contribution in [-0.4, -0.2) is 14.5 Å². The number of nitrogens with zero attached hydrogens (tertiary/aromatic N) is 3. The molecule has 0 aliphatic rings. The van der Waals surface area contributed by atoms with Crippen molar-refractivity contribution in [3.8, 4) is 50.6 Å². The zero-order valence-electron chi connectivity index (χ0n) is 29.1. The van der Waals surface area contributed by atoms with Crippen LogP contribution in [0.4, 0.5) is 0 Å². The molecule has 0 aliphatic carbocycles. The Morgan fingerprint density at radius 3 is 1.80 bits per heavy atom. The molecule has 0 atom stereocenters.